The Kier molecular flexibility index (Phi) is 8.01. The Labute approximate surface area is 184 Å². The summed E-state index contributed by atoms with van der Waals surface area (Å²) in [6, 6.07) is 8.26. The molecule has 154 valence electrons. The Morgan fingerprint density at radius 3 is 2.45 bits per heavy atom. The number of thioether (sulfide) groups is 1. The van der Waals surface area contributed by atoms with Crippen molar-refractivity contribution in [3.8, 4) is 11.1 Å². The summed E-state index contributed by atoms with van der Waals surface area (Å²) in [4.78, 5) is 24.5. The lowest BCUT2D eigenvalue weighted by Gasteiger charge is -2.15. The van der Waals surface area contributed by atoms with Gasteiger partial charge in [0.2, 0.25) is 5.95 Å². The van der Waals surface area contributed by atoms with Gasteiger partial charge in [0.1, 0.15) is 4.75 Å². The first-order valence-electron chi connectivity index (χ1n) is 8.83. The van der Waals surface area contributed by atoms with Gasteiger partial charge in [-0.3, -0.25) is 4.79 Å². The van der Waals surface area contributed by atoms with Crippen LogP contribution < -0.4 is 5.32 Å². The van der Waals surface area contributed by atoms with Crippen LogP contribution in [0, 0.1) is 6.92 Å². The summed E-state index contributed by atoms with van der Waals surface area (Å²) in [5, 5.41) is 14.4. The van der Waals surface area contributed by atoms with Crippen molar-refractivity contribution in [2.75, 3.05) is 11.9 Å². The zero-order valence-electron chi connectivity index (χ0n) is 16.4. The van der Waals surface area contributed by atoms with E-state index in [0.717, 1.165) is 21.2 Å². The second-order valence-electron chi connectivity index (χ2n) is 6.86. The first-order chi connectivity index (χ1) is 13.3. The first-order valence-corrected chi connectivity index (χ1v) is 10.5. The summed E-state index contributed by atoms with van der Waals surface area (Å²) < 4.78 is -0.124. The molecule has 2 N–H and O–H groups in total. The molecule has 0 saturated carbocycles. The number of benzene rings is 1. The number of carbonyl (C=O) groups is 1. The number of aromatic nitrogens is 3. The van der Waals surface area contributed by atoms with Crippen LogP contribution >= 0.6 is 35.5 Å². The maximum atomic E-state index is 11.2. The van der Waals surface area contributed by atoms with E-state index in [1.54, 1.807) is 13.8 Å². The Morgan fingerprint density at radius 1 is 1.17 bits per heavy atom. The summed E-state index contributed by atoms with van der Waals surface area (Å²) in [6.45, 7) is 6.07. The van der Waals surface area contributed by atoms with E-state index in [1.165, 1.54) is 28.7 Å². The highest BCUT2D eigenvalue weighted by Gasteiger charge is 2.29. The fourth-order valence-electron chi connectivity index (χ4n) is 2.33. The topological polar surface area (TPSA) is 88.0 Å². The predicted molar refractivity (Wildman–Crippen MR) is 121 cm³/mol. The van der Waals surface area contributed by atoms with Gasteiger partial charge in [-0.15, -0.1) is 23.7 Å². The van der Waals surface area contributed by atoms with Gasteiger partial charge in [-0.25, -0.2) is 15.0 Å². The Hall–Kier alpha value is -2.16. The molecule has 0 atom stereocenters. The van der Waals surface area contributed by atoms with Crippen molar-refractivity contribution in [1.82, 2.24) is 15.0 Å². The van der Waals surface area contributed by atoms with Gasteiger partial charge in [-0.2, -0.15) is 0 Å². The molecule has 29 heavy (non-hydrogen) atoms. The zero-order valence-corrected chi connectivity index (χ0v) is 18.8. The lowest BCUT2D eigenvalue weighted by Crippen LogP contribution is -2.26. The highest BCUT2D eigenvalue weighted by Crippen LogP contribution is 2.34. The van der Waals surface area contributed by atoms with Gasteiger partial charge in [0, 0.05) is 36.3 Å². The average molecular weight is 451 g/mol. The van der Waals surface area contributed by atoms with Crippen LogP contribution in [0.5, 0.6) is 0 Å². The van der Waals surface area contributed by atoms with Crippen LogP contribution in [-0.2, 0) is 11.2 Å². The summed E-state index contributed by atoms with van der Waals surface area (Å²) >= 11 is 2.74. The number of hydrogen-bond acceptors (Lipinski definition) is 7. The van der Waals surface area contributed by atoms with E-state index in [2.05, 4.69) is 51.5 Å². The highest BCUT2D eigenvalue weighted by molar-refractivity contribution is 8.02. The van der Waals surface area contributed by atoms with Crippen LogP contribution in [0.4, 0.5) is 5.95 Å². The number of halogens is 1. The van der Waals surface area contributed by atoms with E-state index in [4.69, 9.17) is 0 Å². The standard InChI is InChI=1S/C20H22N4O2S2.ClH/c1-13-4-6-14(7-5-13)15-10-22-18(23-11-15)21-9-8-16-12-27-19(24-16)28-20(2,3)17(25)26;/h4-7,10-12H,8-9H2,1-3H3,(H,25,26)(H,21,22,23);1H. The molecule has 1 aromatic carbocycles. The molecule has 3 rings (SSSR count). The van der Waals surface area contributed by atoms with Crippen molar-refractivity contribution in [3.05, 3.63) is 53.3 Å². The van der Waals surface area contributed by atoms with Gasteiger partial charge >= 0.3 is 5.97 Å². The second-order valence-corrected chi connectivity index (χ2v) is 9.59. The smallest absolute Gasteiger partial charge is 0.319 e. The van der Waals surface area contributed by atoms with Crippen molar-refractivity contribution >= 4 is 47.4 Å². The molecule has 0 fully saturated rings. The first kappa shape index (κ1) is 23.1. The van der Waals surface area contributed by atoms with Gasteiger partial charge in [0.05, 0.1) is 5.69 Å². The number of hydrogen-bond donors (Lipinski definition) is 2. The van der Waals surface area contributed by atoms with Gasteiger partial charge < -0.3 is 10.4 Å². The molecule has 6 nitrogen and oxygen atoms in total. The molecular formula is C20H23ClN4O2S2. The number of nitrogens with zero attached hydrogens (tertiary/aromatic N) is 3. The van der Waals surface area contributed by atoms with Crippen LogP contribution in [0.1, 0.15) is 25.1 Å². The molecule has 0 radical (unpaired) electrons. The number of thiazole rings is 1. The lowest BCUT2D eigenvalue weighted by atomic mass is 10.1. The summed E-state index contributed by atoms with van der Waals surface area (Å²) in [7, 11) is 0. The van der Waals surface area contributed by atoms with Gasteiger partial charge in [-0.05, 0) is 26.3 Å². The van der Waals surface area contributed by atoms with E-state index < -0.39 is 10.7 Å². The van der Waals surface area contributed by atoms with Crippen LogP contribution in [0.25, 0.3) is 11.1 Å². The Morgan fingerprint density at radius 2 is 1.83 bits per heavy atom. The molecule has 2 aromatic heterocycles. The van der Waals surface area contributed by atoms with E-state index in [9.17, 15) is 9.90 Å². The van der Waals surface area contributed by atoms with Gasteiger partial charge in [-0.1, -0.05) is 41.6 Å². The molecule has 0 saturated heterocycles. The number of nitrogens with one attached hydrogen (secondary N) is 1. The fraction of sp³-hybridized carbons (Fsp3) is 0.300. The maximum Gasteiger partial charge on any atom is 0.319 e. The fourth-order valence-corrected chi connectivity index (χ4v) is 4.55. The van der Waals surface area contributed by atoms with E-state index in [-0.39, 0.29) is 12.4 Å². The Bertz CT molecular complexity index is 944. The van der Waals surface area contributed by atoms with Crippen molar-refractivity contribution in [3.63, 3.8) is 0 Å². The van der Waals surface area contributed by atoms with Crippen LogP contribution in [0.2, 0.25) is 0 Å². The Balaban J connectivity index is 0.00000300. The van der Waals surface area contributed by atoms with Gasteiger partial charge in [0.15, 0.2) is 4.34 Å². The zero-order chi connectivity index (χ0) is 20.1. The molecule has 0 spiro atoms. The normalized spacial score (nSPS) is 11.0. The minimum absolute atomic E-state index is 0. The van der Waals surface area contributed by atoms with Crippen LogP contribution in [-0.4, -0.2) is 37.3 Å². The summed E-state index contributed by atoms with van der Waals surface area (Å²) in [5.74, 6) is -0.269. The third-order valence-electron chi connectivity index (χ3n) is 4.09. The number of aryl methyl sites for hydroxylation is 1. The molecule has 0 aliphatic rings. The largest absolute Gasteiger partial charge is 0.480 e. The molecule has 0 amide bonds. The molecule has 0 aliphatic heterocycles. The maximum absolute atomic E-state index is 11.2. The van der Waals surface area contributed by atoms with E-state index in [1.807, 2.05) is 17.8 Å². The molecule has 2 heterocycles. The summed E-state index contributed by atoms with van der Waals surface area (Å²) in [6.07, 6.45) is 4.34. The van der Waals surface area contributed by atoms with E-state index >= 15 is 0 Å². The second kappa shape index (κ2) is 10.0. The number of carboxylic acids is 1. The number of aliphatic carboxylic acids is 1. The third-order valence-corrected chi connectivity index (χ3v) is 6.26. The molecular weight excluding hydrogens is 428 g/mol. The number of anilines is 1. The quantitative estimate of drug-likeness (QED) is 0.470. The monoisotopic (exact) mass is 450 g/mol. The molecule has 0 aliphatic carbocycles. The summed E-state index contributed by atoms with van der Waals surface area (Å²) in [5.41, 5.74) is 4.22. The molecule has 0 bridgehead atoms. The SMILES string of the molecule is Cc1ccc(-c2cnc(NCCc3csc(SC(C)(C)C(=O)O)n3)nc2)cc1.Cl. The average Bonchev–Trinajstić information content (AvgIpc) is 3.09. The molecule has 9 heteroatoms. The van der Waals surface area contributed by atoms with Gasteiger partial charge in [0.25, 0.3) is 0 Å². The van der Waals surface area contributed by atoms with E-state index in [0.29, 0.717) is 18.9 Å². The molecule has 3 aromatic rings. The minimum atomic E-state index is -0.888. The predicted octanol–water partition coefficient (Wildman–Crippen LogP) is 4.94. The third kappa shape index (κ3) is 6.42. The minimum Gasteiger partial charge on any atom is -0.480 e. The van der Waals surface area contributed by atoms with Crippen molar-refractivity contribution < 1.29 is 9.90 Å². The van der Waals surface area contributed by atoms with Crippen LogP contribution in [0.3, 0.4) is 0 Å². The van der Waals surface area contributed by atoms with Crippen molar-refractivity contribution in [1.29, 1.82) is 0 Å². The number of rotatable bonds is 8. The number of carboxylic acid groups (broad SMARTS) is 1. The van der Waals surface area contributed by atoms with Crippen molar-refractivity contribution in [2.45, 2.75) is 36.3 Å². The molecule has 0 unspecified atom stereocenters. The highest BCUT2D eigenvalue weighted by atomic mass is 35.5. The van der Waals surface area contributed by atoms with Crippen molar-refractivity contribution in [2.24, 2.45) is 0 Å². The lowest BCUT2D eigenvalue weighted by molar-refractivity contribution is -0.138. The van der Waals surface area contributed by atoms with Crippen LogP contribution in [0.15, 0.2) is 46.4 Å².